The second-order valence-electron chi connectivity index (χ2n) is 20.0. The van der Waals surface area contributed by atoms with Crippen LogP contribution in [0.1, 0.15) is 30.4 Å². The first-order valence-corrected chi connectivity index (χ1v) is 25.8. The average molecular weight is 933 g/mol. The van der Waals surface area contributed by atoms with Gasteiger partial charge in [-0.25, -0.2) is 0 Å². The molecule has 3 aliphatic rings. The van der Waals surface area contributed by atoms with Gasteiger partial charge >= 0.3 is 0 Å². The van der Waals surface area contributed by atoms with Crippen molar-refractivity contribution in [3.05, 3.63) is 282 Å². The lowest BCUT2D eigenvalue weighted by molar-refractivity contribution is 0.768. The maximum Gasteiger partial charge on any atom is 0.0468 e. The second-order valence-corrected chi connectivity index (χ2v) is 20.0. The molecule has 2 heteroatoms. The van der Waals surface area contributed by atoms with Crippen molar-refractivity contribution in [1.82, 2.24) is 0 Å². The zero-order valence-corrected chi connectivity index (χ0v) is 40.8. The van der Waals surface area contributed by atoms with E-state index in [-0.39, 0.29) is 0 Å². The predicted octanol–water partition coefficient (Wildman–Crippen LogP) is 17.8. The van der Waals surface area contributed by atoms with E-state index in [0.717, 1.165) is 47.7 Å². The van der Waals surface area contributed by atoms with E-state index in [2.05, 4.69) is 272 Å². The van der Waals surface area contributed by atoms with Crippen LogP contribution < -0.4 is 20.2 Å². The van der Waals surface area contributed by atoms with Crippen LogP contribution >= 0.6 is 0 Å². The number of anilines is 5. The molecule has 0 fully saturated rings. The third-order valence-electron chi connectivity index (χ3n) is 15.6. The molecule has 346 valence electrons. The normalized spacial score (nSPS) is 15.0. The van der Waals surface area contributed by atoms with E-state index < -0.39 is 0 Å². The number of hydrogen-bond acceptors (Lipinski definition) is 2. The Morgan fingerprint density at radius 1 is 0.425 bits per heavy atom. The first kappa shape index (κ1) is 42.9. The molecule has 0 aromatic heterocycles. The Bertz CT molecular complexity index is 4240. The van der Waals surface area contributed by atoms with E-state index in [9.17, 15) is 0 Å². The fourth-order valence-corrected chi connectivity index (χ4v) is 12.0. The number of aryl methyl sites for hydroxylation is 1. The van der Waals surface area contributed by atoms with Gasteiger partial charge in [0.1, 0.15) is 0 Å². The lowest BCUT2D eigenvalue weighted by atomic mass is 9.82. The predicted molar refractivity (Wildman–Crippen MR) is 312 cm³/mol. The monoisotopic (exact) mass is 932 g/mol. The van der Waals surface area contributed by atoms with Gasteiger partial charge in [0.2, 0.25) is 0 Å². The zero-order chi connectivity index (χ0) is 48.4. The van der Waals surface area contributed by atoms with Crippen molar-refractivity contribution in [2.45, 2.75) is 26.2 Å². The molecular formula is C71H52N2. The third-order valence-corrected chi connectivity index (χ3v) is 15.6. The quantitative estimate of drug-likeness (QED) is 0.140. The van der Waals surface area contributed by atoms with E-state index in [1.165, 1.54) is 103 Å². The Morgan fingerprint density at radius 2 is 0.945 bits per heavy atom. The number of allylic oxidation sites excluding steroid dienone is 7. The Hall–Kier alpha value is -8.98. The van der Waals surface area contributed by atoms with Crippen molar-refractivity contribution in [3.8, 4) is 11.1 Å². The van der Waals surface area contributed by atoms with Gasteiger partial charge in [-0.1, -0.05) is 194 Å². The Kier molecular flexibility index (Phi) is 10.4. The SMILES string of the molecule is Cc1ccc(-c2c3ccc(N(c4ccc5ccccc5c4)c4ccc5ccccc5c4)cc3c(C3=c4ccccc4=CCC3)c3ccc(N(C4=CCC5C=CC=CC5=C4)c4ccc5ccccc5c4)cc23)cc1. The molecule has 0 heterocycles. The van der Waals surface area contributed by atoms with Crippen LogP contribution in [0.5, 0.6) is 0 Å². The van der Waals surface area contributed by atoms with Crippen LogP contribution in [-0.2, 0) is 0 Å². The molecule has 2 nitrogen and oxygen atoms in total. The molecule has 1 unspecified atom stereocenters. The van der Waals surface area contributed by atoms with E-state index in [1.807, 2.05) is 0 Å². The van der Waals surface area contributed by atoms with E-state index in [1.54, 1.807) is 0 Å². The van der Waals surface area contributed by atoms with Gasteiger partial charge in [0.05, 0.1) is 0 Å². The number of benzene rings is 11. The molecule has 0 saturated heterocycles. The molecule has 0 N–H and O–H groups in total. The summed E-state index contributed by atoms with van der Waals surface area (Å²) in [5.74, 6) is 0.391. The van der Waals surface area contributed by atoms with Gasteiger partial charge in [-0.15, -0.1) is 0 Å². The number of nitrogens with zero attached hydrogens (tertiary/aromatic N) is 2. The molecule has 11 aromatic carbocycles. The van der Waals surface area contributed by atoms with E-state index in [4.69, 9.17) is 0 Å². The summed E-state index contributed by atoms with van der Waals surface area (Å²) in [5, 5.41) is 15.0. The summed E-state index contributed by atoms with van der Waals surface area (Å²) in [7, 11) is 0. The third kappa shape index (κ3) is 7.57. The molecular weight excluding hydrogens is 881 g/mol. The molecule has 0 spiro atoms. The van der Waals surface area contributed by atoms with Gasteiger partial charge in [-0.2, -0.15) is 0 Å². The molecule has 0 bridgehead atoms. The maximum absolute atomic E-state index is 2.50. The van der Waals surface area contributed by atoms with Crippen LogP contribution in [0.15, 0.2) is 260 Å². The van der Waals surface area contributed by atoms with Crippen LogP contribution in [0.25, 0.3) is 76.6 Å². The summed E-state index contributed by atoms with van der Waals surface area (Å²) < 4.78 is 0. The summed E-state index contributed by atoms with van der Waals surface area (Å²) >= 11 is 0. The number of hydrogen-bond donors (Lipinski definition) is 0. The molecule has 14 rings (SSSR count). The van der Waals surface area contributed by atoms with Crippen LogP contribution in [-0.4, -0.2) is 0 Å². The minimum atomic E-state index is 0.391. The largest absolute Gasteiger partial charge is 0.311 e. The summed E-state index contributed by atoms with van der Waals surface area (Å²) in [5.41, 5.74) is 14.6. The Balaban J connectivity index is 1.07. The number of rotatable bonds is 8. The van der Waals surface area contributed by atoms with E-state index in [0.29, 0.717) is 5.92 Å². The number of fused-ring (bicyclic) bond motifs is 7. The molecule has 0 amide bonds. The average Bonchev–Trinajstić information content (AvgIpc) is 3.44. The highest BCUT2D eigenvalue weighted by molar-refractivity contribution is 6.20. The van der Waals surface area contributed by atoms with Crippen molar-refractivity contribution in [2.75, 3.05) is 9.80 Å². The zero-order valence-electron chi connectivity index (χ0n) is 40.8. The lowest BCUT2D eigenvalue weighted by Crippen LogP contribution is -2.29. The van der Waals surface area contributed by atoms with Gasteiger partial charge in [0, 0.05) is 40.1 Å². The van der Waals surface area contributed by atoms with Crippen molar-refractivity contribution < 1.29 is 0 Å². The maximum atomic E-state index is 2.50. The van der Waals surface area contributed by atoms with Crippen molar-refractivity contribution in [3.63, 3.8) is 0 Å². The van der Waals surface area contributed by atoms with Crippen molar-refractivity contribution in [1.29, 1.82) is 0 Å². The summed E-state index contributed by atoms with van der Waals surface area (Å²) in [6.07, 6.45) is 19.1. The Morgan fingerprint density at radius 3 is 1.59 bits per heavy atom. The first-order chi connectivity index (χ1) is 36.1. The highest BCUT2D eigenvalue weighted by atomic mass is 15.2. The van der Waals surface area contributed by atoms with Gasteiger partial charge in [0.25, 0.3) is 0 Å². The van der Waals surface area contributed by atoms with Gasteiger partial charge < -0.3 is 9.80 Å². The van der Waals surface area contributed by atoms with Crippen LogP contribution in [0.4, 0.5) is 28.4 Å². The van der Waals surface area contributed by atoms with Gasteiger partial charge in [-0.05, 0) is 185 Å². The molecule has 1 atom stereocenters. The van der Waals surface area contributed by atoms with Crippen LogP contribution in [0.2, 0.25) is 0 Å². The standard InChI is InChI=1S/C71H52N2/c1-47-25-27-53(28-26-47)70-66-39-37-63(73(60-35-31-50-15-4-8-20-56(50)43-60)61-36-32-51-16-5-9-21-57(51)44-61)46-69(66)71(65-24-12-22-52-17-10-11-23-64(52)65)67-40-38-62(45-68(67)70)72(58-33-29-48-13-2-6-18-54(48)41-58)59-34-30-49-14-3-7-19-55(49)42-59/h2-11,13-23,25-29,31-46,49H,12,24,30H2,1H3. The van der Waals surface area contributed by atoms with Crippen molar-refractivity contribution >= 4 is 93.9 Å². The summed E-state index contributed by atoms with van der Waals surface area (Å²) in [6.45, 7) is 2.19. The topological polar surface area (TPSA) is 6.48 Å². The van der Waals surface area contributed by atoms with Crippen molar-refractivity contribution in [2.24, 2.45) is 5.92 Å². The Labute approximate surface area is 426 Å². The van der Waals surface area contributed by atoms with Crippen LogP contribution in [0, 0.1) is 12.8 Å². The molecule has 0 aliphatic heterocycles. The lowest BCUT2D eigenvalue weighted by Gasteiger charge is -2.31. The summed E-state index contributed by atoms with van der Waals surface area (Å²) in [6, 6.07) is 79.6. The highest BCUT2D eigenvalue weighted by Crippen LogP contribution is 2.48. The summed E-state index contributed by atoms with van der Waals surface area (Å²) in [4.78, 5) is 4.96. The minimum absolute atomic E-state index is 0.391. The highest BCUT2D eigenvalue weighted by Gasteiger charge is 2.26. The molecule has 0 radical (unpaired) electrons. The van der Waals surface area contributed by atoms with Crippen LogP contribution in [0.3, 0.4) is 0 Å². The van der Waals surface area contributed by atoms with E-state index >= 15 is 0 Å². The van der Waals surface area contributed by atoms with Gasteiger partial charge in [0.15, 0.2) is 0 Å². The molecule has 11 aromatic rings. The fourth-order valence-electron chi connectivity index (χ4n) is 12.0. The minimum Gasteiger partial charge on any atom is -0.311 e. The molecule has 0 saturated carbocycles. The fraction of sp³-hybridized carbons (Fsp3) is 0.0704. The first-order valence-electron chi connectivity index (χ1n) is 25.8. The van der Waals surface area contributed by atoms with Gasteiger partial charge in [-0.3, -0.25) is 0 Å². The molecule has 73 heavy (non-hydrogen) atoms. The second kappa shape index (κ2) is 17.7. The molecule has 3 aliphatic carbocycles. The smallest absolute Gasteiger partial charge is 0.0468 e.